The third kappa shape index (κ3) is 5.15. The molecule has 2 aromatic carbocycles. The number of rotatable bonds is 6. The molecule has 0 bridgehead atoms. The fourth-order valence-corrected chi connectivity index (χ4v) is 5.24. The summed E-state index contributed by atoms with van der Waals surface area (Å²) in [6.07, 6.45) is 3.30. The molecule has 4 aromatic rings. The molecule has 0 saturated carbocycles. The Kier molecular flexibility index (Phi) is 7.06. The number of carbonyl (C=O) groups is 2. The molecule has 1 aliphatic heterocycles. The fraction of sp³-hybridized carbons (Fsp3) is 0.179. The Labute approximate surface area is 213 Å². The van der Waals surface area contributed by atoms with Crippen LogP contribution >= 0.6 is 11.3 Å². The second kappa shape index (κ2) is 10.7. The van der Waals surface area contributed by atoms with Gasteiger partial charge in [0.25, 0.3) is 11.8 Å². The summed E-state index contributed by atoms with van der Waals surface area (Å²) in [5, 5.41) is 3.54. The highest BCUT2D eigenvalue weighted by atomic mass is 32.1. The van der Waals surface area contributed by atoms with Gasteiger partial charge in [-0.3, -0.25) is 14.6 Å². The topological polar surface area (TPSA) is 80.8 Å². The predicted molar refractivity (Wildman–Crippen MR) is 140 cm³/mol. The summed E-state index contributed by atoms with van der Waals surface area (Å²) >= 11 is 1.42. The van der Waals surface area contributed by atoms with Gasteiger partial charge in [-0.05, 0) is 54.4 Å². The number of ether oxygens (including phenoxy) is 2. The minimum Gasteiger partial charge on any atom is -0.456 e. The summed E-state index contributed by atoms with van der Waals surface area (Å²) in [6, 6.07) is 20.4. The minimum absolute atomic E-state index is 0.0928. The Balaban J connectivity index is 1.41. The standard InChI is InChI=1S/C28H25N3O4S/c1-19-24(28(33)31-14-16-34-17-15-31)27(36-25(19)20-6-3-2-4-7-20)30-26(32)21-9-11-22(12-10-21)35-23-8-5-13-29-18-23/h2-13,18H,14-17H2,1H3,(H,30,32). The van der Waals surface area contributed by atoms with Crippen LogP contribution in [0.15, 0.2) is 79.1 Å². The molecule has 182 valence electrons. The number of carbonyl (C=O) groups excluding carboxylic acids is 2. The molecule has 5 rings (SSSR count). The van der Waals surface area contributed by atoms with Gasteiger partial charge < -0.3 is 19.7 Å². The van der Waals surface area contributed by atoms with E-state index in [1.54, 1.807) is 47.6 Å². The quantitative estimate of drug-likeness (QED) is 0.372. The van der Waals surface area contributed by atoms with Crippen molar-refractivity contribution in [3.05, 3.63) is 95.8 Å². The van der Waals surface area contributed by atoms with Crippen molar-refractivity contribution in [3.8, 4) is 21.9 Å². The molecule has 8 heteroatoms. The first-order chi connectivity index (χ1) is 17.6. The maximum absolute atomic E-state index is 13.5. The Morgan fingerprint density at radius 3 is 2.42 bits per heavy atom. The van der Waals surface area contributed by atoms with Gasteiger partial charge in [-0.1, -0.05) is 30.3 Å². The molecule has 1 saturated heterocycles. The molecule has 1 N–H and O–H groups in total. The van der Waals surface area contributed by atoms with Gasteiger partial charge >= 0.3 is 0 Å². The molecular weight excluding hydrogens is 474 g/mol. The zero-order valence-corrected chi connectivity index (χ0v) is 20.6. The number of benzene rings is 2. The molecule has 0 unspecified atom stereocenters. The van der Waals surface area contributed by atoms with E-state index in [0.29, 0.717) is 53.9 Å². The number of hydrogen-bond acceptors (Lipinski definition) is 6. The van der Waals surface area contributed by atoms with E-state index in [9.17, 15) is 9.59 Å². The van der Waals surface area contributed by atoms with Crippen molar-refractivity contribution in [3.63, 3.8) is 0 Å². The molecular formula is C28H25N3O4S. The molecule has 3 heterocycles. The molecule has 0 atom stereocenters. The number of amides is 2. The van der Waals surface area contributed by atoms with Crippen LogP contribution in [0, 0.1) is 6.92 Å². The number of hydrogen-bond donors (Lipinski definition) is 1. The molecule has 1 fully saturated rings. The van der Waals surface area contributed by atoms with Crippen LogP contribution in [-0.4, -0.2) is 48.0 Å². The van der Waals surface area contributed by atoms with Crippen LogP contribution in [0.1, 0.15) is 26.3 Å². The van der Waals surface area contributed by atoms with Crippen molar-refractivity contribution in [2.24, 2.45) is 0 Å². The van der Waals surface area contributed by atoms with E-state index in [-0.39, 0.29) is 11.8 Å². The van der Waals surface area contributed by atoms with E-state index in [0.717, 1.165) is 16.0 Å². The molecule has 7 nitrogen and oxygen atoms in total. The molecule has 36 heavy (non-hydrogen) atoms. The number of pyridine rings is 1. The smallest absolute Gasteiger partial charge is 0.257 e. The first-order valence-electron chi connectivity index (χ1n) is 11.7. The van der Waals surface area contributed by atoms with Gasteiger partial charge in [0, 0.05) is 29.7 Å². The van der Waals surface area contributed by atoms with Gasteiger partial charge in [0.1, 0.15) is 16.5 Å². The zero-order chi connectivity index (χ0) is 24.9. The van der Waals surface area contributed by atoms with Crippen molar-refractivity contribution in [1.29, 1.82) is 0 Å². The summed E-state index contributed by atoms with van der Waals surface area (Å²) in [5.74, 6) is 0.828. The van der Waals surface area contributed by atoms with Crippen LogP contribution in [0.5, 0.6) is 11.5 Å². The number of morpholine rings is 1. The number of nitrogens with one attached hydrogen (secondary N) is 1. The molecule has 0 spiro atoms. The summed E-state index contributed by atoms with van der Waals surface area (Å²) < 4.78 is 11.2. The Hall–Kier alpha value is -4.01. The fourth-order valence-electron chi connectivity index (χ4n) is 4.04. The molecule has 0 radical (unpaired) electrons. The molecule has 1 aliphatic rings. The van der Waals surface area contributed by atoms with E-state index in [4.69, 9.17) is 9.47 Å². The van der Waals surface area contributed by atoms with E-state index >= 15 is 0 Å². The van der Waals surface area contributed by atoms with Gasteiger partial charge in [0.15, 0.2) is 0 Å². The molecule has 2 aromatic heterocycles. The largest absolute Gasteiger partial charge is 0.456 e. The predicted octanol–water partition coefficient (Wildman–Crippen LogP) is 5.64. The van der Waals surface area contributed by atoms with Crippen LogP contribution in [0.3, 0.4) is 0 Å². The van der Waals surface area contributed by atoms with Crippen molar-refractivity contribution < 1.29 is 19.1 Å². The van der Waals surface area contributed by atoms with Gasteiger partial charge in [-0.15, -0.1) is 11.3 Å². The van der Waals surface area contributed by atoms with Crippen LogP contribution in [0.4, 0.5) is 5.00 Å². The maximum atomic E-state index is 13.5. The third-order valence-corrected chi connectivity index (χ3v) is 7.16. The lowest BCUT2D eigenvalue weighted by molar-refractivity contribution is 0.0303. The third-order valence-electron chi connectivity index (χ3n) is 5.91. The van der Waals surface area contributed by atoms with E-state index < -0.39 is 0 Å². The van der Waals surface area contributed by atoms with Gasteiger partial charge in [-0.25, -0.2) is 0 Å². The average molecular weight is 500 g/mol. The maximum Gasteiger partial charge on any atom is 0.257 e. The van der Waals surface area contributed by atoms with E-state index in [2.05, 4.69) is 10.3 Å². The van der Waals surface area contributed by atoms with Crippen molar-refractivity contribution in [2.45, 2.75) is 6.92 Å². The Bertz CT molecular complexity index is 1350. The minimum atomic E-state index is -0.292. The van der Waals surface area contributed by atoms with Gasteiger partial charge in [-0.2, -0.15) is 0 Å². The number of aromatic nitrogens is 1. The average Bonchev–Trinajstić information content (AvgIpc) is 3.25. The van der Waals surface area contributed by atoms with E-state index in [1.165, 1.54) is 11.3 Å². The van der Waals surface area contributed by atoms with Gasteiger partial charge in [0.2, 0.25) is 0 Å². The summed E-state index contributed by atoms with van der Waals surface area (Å²) in [4.78, 5) is 33.5. The summed E-state index contributed by atoms with van der Waals surface area (Å²) in [5.41, 5.74) is 2.86. The zero-order valence-electron chi connectivity index (χ0n) is 19.8. The lowest BCUT2D eigenvalue weighted by Crippen LogP contribution is -2.41. The van der Waals surface area contributed by atoms with Gasteiger partial charge in [0.05, 0.1) is 25.0 Å². The highest BCUT2D eigenvalue weighted by Crippen LogP contribution is 2.40. The van der Waals surface area contributed by atoms with Crippen molar-refractivity contribution in [2.75, 3.05) is 31.6 Å². The Morgan fingerprint density at radius 2 is 1.72 bits per heavy atom. The monoisotopic (exact) mass is 499 g/mol. The highest BCUT2D eigenvalue weighted by molar-refractivity contribution is 7.20. The SMILES string of the molecule is Cc1c(-c2ccccc2)sc(NC(=O)c2ccc(Oc3cccnc3)cc2)c1C(=O)N1CCOCC1. The van der Waals surface area contributed by atoms with Crippen LogP contribution in [0.25, 0.3) is 10.4 Å². The summed E-state index contributed by atoms with van der Waals surface area (Å²) in [7, 11) is 0. The lowest BCUT2D eigenvalue weighted by atomic mass is 10.1. The van der Waals surface area contributed by atoms with Crippen LogP contribution in [0.2, 0.25) is 0 Å². The van der Waals surface area contributed by atoms with E-state index in [1.807, 2.05) is 43.3 Å². The molecule has 2 amide bonds. The normalized spacial score (nSPS) is 13.3. The number of thiophene rings is 1. The first kappa shape index (κ1) is 23.7. The van der Waals surface area contributed by atoms with Crippen molar-refractivity contribution >= 4 is 28.2 Å². The van der Waals surface area contributed by atoms with Crippen LogP contribution < -0.4 is 10.1 Å². The lowest BCUT2D eigenvalue weighted by Gasteiger charge is -2.27. The van der Waals surface area contributed by atoms with Crippen LogP contribution in [-0.2, 0) is 4.74 Å². The second-order valence-electron chi connectivity index (χ2n) is 8.30. The first-order valence-corrected chi connectivity index (χ1v) is 12.5. The number of anilines is 1. The second-order valence-corrected chi connectivity index (χ2v) is 9.32. The Morgan fingerprint density at radius 1 is 0.972 bits per heavy atom. The molecule has 0 aliphatic carbocycles. The highest BCUT2D eigenvalue weighted by Gasteiger charge is 2.28. The number of nitrogens with zero attached hydrogens (tertiary/aromatic N) is 2. The van der Waals surface area contributed by atoms with Crippen molar-refractivity contribution in [1.82, 2.24) is 9.88 Å². The summed E-state index contributed by atoms with van der Waals surface area (Å²) in [6.45, 7) is 4.01.